The Labute approximate surface area is 156 Å². The van der Waals surface area contributed by atoms with E-state index in [1.165, 1.54) is 41.1 Å². The molecule has 3 aromatic rings. The maximum Gasteiger partial charge on any atom is 0.231 e. The number of anilines is 2. The third-order valence-corrected chi connectivity index (χ3v) is 5.89. The van der Waals surface area contributed by atoms with E-state index < -0.39 is 10.0 Å². The average Bonchev–Trinajstić information content (AvgIpc) is 3.08. The summed E-state index contributed by atoms with van der Waals surface area (Å²) < 4.78 is 37.3. The Morgan fingerprint density at radius 3 is 2.38 bits per heavy atom. The van der Waals surface area contributed by atoms with Crippen LogP contribution in [0.15, 0.2) is 53.9 Å². The van der Waals surface area contributed by atoms with Crippen LogP contribution in [0, 0.1) is 5.82 Å². The van der Waals surface area contributed by atoms with E-state index >= 15 is 0 Å². The van der Waals surface area contributed by atoms with Crippen molar-refractivity contribution in [2.24, 2.45) is 0 Å². The maximum absolute atomic E-state index is 13.0. The summed E-state index contributed by atoms with van der Waals surface area (Å²) in [5.74, 6) is -0.271. The van der Waals surface area contributed by atoms with Gasteiger partial charge in [0.2, 0.25) is 10.0 Å². The summed E-state index contributed by atoms with van der Waals surface area (Å²) in [7, 11) is -1.74. The molecule has 1 aromatic heterocycles. The molecule has 0 spiro atoms. The molecule has 1 N–H and O–H groups in total. The van der Waals surface area contributed by atoms with E-state index in [9.17, 15) is 12.8 Å². The zero-order valence-corrected chi connectivity index (χ0v) is 15.9. The van der Waals surface area contributed by atoms with Crippen LogP contribution in [0.25, 0.3) is 11.3 Å². The minimum Gasteiger partial charge on any atom is -0.357 e. The minimum atomic E-state index is -3.26. The maximum atomic E-state index is 13.0. The van der Waals surface area contributed by atoms with E-state index in [2.05, 4.69) is 10.3 Å². The normalized spacial score (nSPS) is 11.3. The first kappa shape index (κ1) is 18.3. The second-order valence-corrected chi connectivity index (χ2v) is 8.67. The lowest BCUT2D eigenvalue weighted by molar-refractivity contribution is 0.600. The van der Waals surface area contributed by atoms with Crippen LogP contribution in [0.3, 0.4) is 0 Å². The van der Waals surface area contributed by atoms with Gasteiger partial charge in [0.25, 0.3) is 0 Å². The molecule has 0 amide bonds. The van der Waals surface area contributed by atoms with Crippen molar-refractivity contribution >= 4 is 32.2 Å². The van der Waals surface area contributed by atoms with Gasteiger partial charge in [0.05, 0.1) is 17.6 Å². The third-order valence-electron chi connectivity index (χ3n) is 3.89. The highest BCUT2D eigenvalue weighted by atomic mass is 32.2. The first-order valence-corrected chi connectivity index (χ1v) is 10.5. The number of aromatic nitrogens is 1. The summed E-state index contributed by atoms with van der Waals surface area (Å²) in [6.07, 6.45) is 1.17. The summed E-state index contributed by atoms with van der Waals surface area (Å²) >= 11 is 1.48. The Bertz CT molecular complexity index is 984. The van der Waals surface area contributed by atoms with E-state index in [1.807, 2.05) is 17.5 Å². The number of hydrogen-bond acceptors (Lipinski definition) is 5. The molecular weight excluding hydrogens is 373 g/mol. The lowest BCUT2D eigenvalue weighted by Gasteiger charge is -2.16. The van der Waals surface area contributed by atoms with Gasteiger partial charge in [-0.15, -0.1) is 11.3 Å². The van der Waals surface area contributed by atoms with Gasteiger partial charge in [-0.2, -0.15) is 0 Å². The molecule has 0 aliphatic carbocycles. The molecule has 8 heteroatoms. The molecule has 26 heavy (non-hydrogen) atoms. The number of halogens is 1. The van der Waals surface area contributed by atoms with Crippen molar-refractivity contribution in [3.8, 4) is 11.3 Å². The standard InChI is InChI=1S/C18H18FN3O2S2/c1-22(26(2,23)24)16-9-3-13(4-10-16)11-20-18-21-17(12-25-18)14-5-7-15(19)8-6-14/h3-10,12H,11H2,1-2H3,(H,20,21). The van der Waals surface area contributed by atoms with Crippen LogP contribution in [0.4, 0.5) is 15.2 Å². The van der Waals surface area contributed by atoms with Gasteiger partial charge in [0.15, 0.2) is 5.13 Å². The number of sulfonamides is 1. The monoisotopic (exact) mass is 391 g/mol. The van der Waals surface area contributed by atoms with Gasteiger partial charge in [0.1, 0.15) is 5.82 Å². The predicted octanol–water partition coefficient (Wildman–Crippen LogP) is 3.96. The van der Waals surface area contributed by atoms with Crippen LogP contribution in [0.5, 0.6) is 0 Å². The molecule has 0 saturated carbocycles. The van der Waals surface area contributed by atoms with Crippen molar-refractivity contribution in [3.05, 3.63) is 65.3 Å². The van der Waals surface area contributed by atoms with Crippen molar-refractivity contribution in [2.45, 2.75) is 6.54 Å². The third kappa shape index (κ3) is 4.39. The molecule has 0 fully saturated rings. The van der Waals surface area contributed by atoms with Crippen molar-refractivity contribution in [3.63, 3.8) is 0 Å². The number of nitrogens with zero attached hydrogens (tertiary/aromatic N) is 2. The van der Waals surface area contributed by atoms with Crippen LogP contribution in [0.2, 0.25) is 0 Å². The number of nitrogens with one attached hydrogen (secondary N) is 1. The van der Waals surface area contributed by atoms with Crippen molar-refractivity contribution in [2.75, 3.05) is 22.9 Å². The molecule has 0 bridgehead atoms. The van der Waals surface area contributed by atoms with Crippen LogP contribution in [-0.2, 0) is 16.6 Å². The Morgan fingerprint density at radius 2 is 1.77 bits per heavy atom. The summed E-state index contributed by atoms with van der Waals surface area (Å²) in [5.41, 5.74) is 3.28. The number of benzene rings is 2. The fraction of sp³-hybridized carbons (Fsp3) is 0.167. The number of rotatable bonds is 6. The molecule has 0 atom stereocenters. The smallest absolute Gasteiger partial charge is 0.231 e. The molecule has 0 radical (unpaired) electrons. The Morgan fingerprint density at radius 1 is 1.12 bits per heavy atom. The molecule has 5 nitrogen and oxygen atoms in total. The average molecular weight is 391 g/mol. The first-order valence-electron chi connectivity index (χ1n) is 7.81. The Balaban J connectivity index is 1.64. The van der Waals surface area contributed by atoms with Crippen molar-refractivity contribution in [1.29, 1.82) is 0 Å². The highest BCUT2D eigenvalue weighted by Gasteiger charge is 2.11. The summed E-state index contributed by atoms with van der Waals surface area (Å²) in [5, 5.41) is 5.92. The predicted molar refractivity (Wildman–Crippen MR) is 105 cm³/mol. The molecule has 1 heterocycles. The molecule has 2 aromatic carbocycles. The van der Waals surface area contributed by atoms with Gasteiger partial charge in [0, 0.05) is 24.5 Å². The lowest BCUT2D eigenvalue weighted by atomic mass is 10.2. The Hall–Kier alpha value is -2.45. The van der Waals surface area contributed by atoms with E-state index in [0.29, 0.717) is 12.2 Å². The zero-order chi connectivity index (χ0) is 18.7. The summed E-state index contributed by atoms with van der Waals surface area (Å²) in [4.78, 5) is 4.50. The highest BCUT2D eigenvalue weighted by molar-refractivity contribution is 7.92. The van der Waals surface area contributed by atoms with Crippen LogP contribution >= 0.6 is 11.3 Å². The van der Waals surface area contributed by atoms with Crippen LogP contribution < -0.4 is 9.62 Å². The second-order valence-electron chi connectivity index (χ2n) is 5.80. The van der Waals surface area contributed by atoms with E-state index in [0.717, 1.165) is 22.0 Å². The Kier molecular flexibility index (Phi) is 5.24. The minimum absolute atomic E-state index is 0.271. The first-order chi connectivity index (χ1) is 12.3. The SMILES string of the molecule is CN(c1ccc(CNc2nc(-c3ccc(F)cc3)cs2)cc1)S(C)(=O)=O. The molecule has 0 aliphatic rings. The van der Waals surface area contributed by atoms with Gasteiger partial charge in [-0.25, -0.2) is 17.8 Å². The molecular formula is C18H18FN3O2S2. The van der Waals surface area contributed by atoms with Gasteiger partial charge in [-0.3, -0.25) is 4.31 Å². The molecule has 136 valence electrons. The second kappa shape index (κ2) is 7.43. The van der Waals surface area contributed by atoms with E-state index in [4.69, 9.17) is 0 Å². The zero-order valence-electron chi connectivity index (χ0n) is 14.3. The molecule has 3 rings (SSSR count). The highest BCUT2D eigenvalue weighted by Crippen LogP contribution is 2.25. The van der Waals surface area contributed by atoms with Crippen molar-refractivity contribution in [1.82, 2.24) is 4.98 Å². The number of thiazole rings is 1. The van der Waals surface area contributed by atoms with E-state index in [1.54, 1.807) is 24.3 Å². The van der Waals surface area contributed by atoms with Gasteiger partial charge < -0.3 is 5.32 Å². The fourth-order valence-electron chi connectivity index (χ4n) is 2.30. The van der Waals surface area contributed by atoms with Crippen molar-refractivity contribution < 1.29 is 12.8 Å². The van der Waals surface area contributed by atoms with Gasteiger partial charge >= 0.3 is 0 Å². The summed E-state index contributed by atoms with van der Waals surface area (Å²) in [6, 6.07) is 13.5. The quantitative estimate of drug-likeness (QED) is 0.691. The van der Waals surface area contributed by atoms with Gasteiger partial charge in [-0.1, -0.05) is 12.1 Å². The molecule has 0 unspecified atom stereocenters. The van der Waals surface area contributed by atoms with Crippen LogP contribution in [0.1, 0.15) is 5.56 Å². The molecule has 0 saturated heterocycles. The number of hydrogen-bond donors (Lipinski definition) is 1. The topological polar surface area (TPSA) is 62.3 Å². The summed E-state index contributed by atoms with van der Waals surface area (Å²) in [6.45, 7) is 0.569. The largest absolute Gasteiger partial charge is 0.357 e. The molecule has 0 aliphatic heterocycles. The lowest BCUT2D eigenvalue weighted by Crippen LogP contribution is -2.24. The van der Waals surface area contributed by atoms with Gasteiger partial charge in [-0.05, 0) is 42.0 Å². The fourth-order valence-corrected chi connectivity index (χ4v) is 3.52. The van der Waals surface area contributed by atoms with Crippen LogP contribution in [-0.4, -0.2) is 26.7 Å². The van der Waals surface area contributed by atoms with E-state index in [-0.39, 0.29) is 5.82 Å².